The number of hydrogen-bond donors (Lipinski definition) is 2. The topological polar surface area (TPSA) is 61.4 Å². The summed E-state index contributed by atoms with van der Waals surface area (Å²) in [7, 11) is 1.63. The molecule has 1 rings (SSSR count). The van der Waals surface area contributed by atoms with Crippen LogP contribution in [0.5, 0.6) is 0 Å². The summed E-state index contributed by atoms with van der Waals surface area (Å²) in [4.78, 5) is 25.7. The van der Waals surface area contributed by atoms with Crippen LogP contribution >= 0.6 is 11.3 Å². The first-order valence-corrected chi connectivity index (χ1v) is 7.21. The van der Waals surface area contributed by atoms with Crippen molar-refractivity contribution >= 4 is 23.2 Å². The maximum atomic E-state index is 11.9. The molecule has 2 N–H and O–H groups in total. The van der Waals surface area contributed by atoms with Gasteiger partial charge in [-0.05, 0) is 24.9 Å². The fraction of sp³-hybridized carbons (Fsp3) is 0.538. The lowest BCUT2D eigenvalue weighted by Crippen LogP contribution is -2.43. The molecular formula is C13H21N3O2S. The highest BCUT2D eigenvalue weighted by Crippen LogP contribution is 2.10. The molecule has 0 fully saturated rings. The van der Waals surface area contributed by atoms with E-state index in [1.165, 1.54) is 16.2 Å². The zero-order chi connectivity index (χ0) is 14.3. The van der Waals surface area contributed by atoms with E-state index in [0.29, 0.717) is 11.4 Å². The molecule has 1 atom stereocenters. The van der Waals surface area contributed by atoms with Gasteiger partial charge in [0.15, 0.2) is 0 Å². The highest BCUT2D eigenvalue weighted by molar-refractivity contribution is 7.12. The van der Waals surface area contributed by atoms with E-state index < -0.39 is 0 Å². The first-order valence-electron chi connectivity index (χ1n) is 6.33. The van der Waals surface area contributed by atoms with Crippen molar-refractivity contribution in [2.75, 3.05) is 26.7 Å². The molecule has 0 unspecified atom stereocenters. The van der Waals surface area contributed by atoms with E-state index >= 15 is 0 Å². The fourth-order valence-corrected chi connectivity index (χ4v) is 2.34. The number of likely N-dealkylation sites (N-methyl/N-ethyl adjacent to an activating group) is 2. The lowest BCUT2D eigenvalue weighted by Gasteiger charge is -2.17. The average Bonchev–Trinajstić information content (AvgIpc) is 2.89. The van der Waals surface area contributed by atoms with E-state index in [1.807, 2.05) is 25.3 Å². The van der Waals surface area contributed by atoms with Crippen molar-refractivity contribution in [2.24, 2.45) is 0 Å². The summed E-state index contributed by atoms with van der Waals surface area (Å²) in [5, 5.41) is 7.86. The number of carbonyl (C=O) groups is 2. The molecule has 0 radical (unpaired) electrons. The molecule has 106 valence electrons. The molecule has 5 nitrogen and oxygen atoms in total. The predicted octanol–water partition coefficient (Wildman–Crippen LogP) is 0.934. The van der Waals surface area contributed by atoms with E-state index in [9.17, 15) is 9.59 Å². The van der Waals surface area contributed by atoms with Gasteiger partial charge >= 0.3 is 0 Å². The van der Waals surface area contributed by atoms with E-state index in [-0.39, 0.29) is 24.4 Å². The lowest BCUT2D eigenvalue weighted by atomic mass is 10.3. The van der Waals surface area contributed by atoms with Crippen LogP contribution in [0.25, 0.3) is 0 Å². The van der Waals surface area contributed by atoms with Crippen molar-refractivity contribution in [3.05, 3.63) is 22.4 Å². The van der Waals surface area contributed by atoms with Crippen molar-refractivity contribution in [3.63, 3.8) is 0 Å². The summed E-state index contributed by atoms with van der Waals surface area (Å²) in [5.41, 5.74) is 0. The molecular weight excluding hydrogens is 262 g/mol. The molecule has 2 amide bonds. The number of nitrogens with one attached hydrogen (secondary N) is 2. The van der Waals surface area contributed by atoms with Gasteiger partial charge in [0.05, 0.1) is 11.4 Å². The molecule has 0 aliphatic rings. The quantitative estimate of drug-likeness (QED) is 0.783. The Labute approximate surface area is 118 Å². The second-order valence-electron chi connectivity index (χ2n) is 4.40. The summed E-state index contributed by atoms with van der Waals surface area (Å²) < 4.78 is 0. The van der Waals surface area contributed by atoms with Gasteiger partial charge in [-0.1, -0.05) is 13.0 Å². The number of hydrogen-bond acceptors (Lipinski definition) is 4. The summed E-state index contributed by atoms with van der Waals surface area (Å²) in [6.07, 6.45) is 0. The van der Waals surface area contributed by atoms with Crippen molar-refractivity contribution in [2.45, 2.75) is 19.9 Å². The molecule has 0 bridgehead atoms. The highest BCUT2D eigenvalue weighted by Gasteiger charge is 2.15. The van der Waals surface area contributed by atoms with Crippen molar-refractivity contribution < 1.29 is 9.59 Å². The van der Waals surface area contributed by atoms with Crippen molar-refractivity contribution in [1.29, 1.82) is 0 Å². The smallest absolute Gasteiger partial charge is 0.264 e. The second kappa shape index (κ2) is 7.91. The van der Waals surface area contributed by atoms with Gasteiger partial charge in [0.25, 0.3) is 5.91 Å². The fourth-order valence-electron chi connectivity index (χ4n) is 1.62. The third-order valence-electron chi connectivity index (χ3n) is 2.62. The molecule has 0 aromatic carbocycles. The molecule has 0 saturated heterocycles. The van der Waals surface area contributed by atoms with Gasteiger partial charge in [0.1, 0.15) is 0 Å². The maximum Gasteiger partial charge on any atom is 0.264 e. The van der Waals surface area contributed by atoms with Crippen LogP contribution in [-0.4, -0.2) is 49.4 Å². The summed E-state index contributed by atoms with van der Waals surface area (Å²) in [6.45, 7) is 5.53. The third-order valence-corrected chi connectivity index (χ3v) is 3.48. The van der Waals surface area contributed by atoms with E-state index in [0.717, 1.165) is 6.54 Å². The monoisotopic (exact) mass is 283 g/mol. The van der Waals surface area contributed by atoms with Crippen LogP contribution in [0.4, 0.5) is 0 Å². The predicted molar refractivity (Wildman–Crippen MR) is 77.4 cm³/mol. The van der Waals surface area contributed by atoms with Gasteiger partial charge < -0.3 is 15.5 Å². The molecule has 0 aliphatic heterocycles. The Kier molecular flexibility index (Phi) is 6.52. The second-order valence-corrected chi connectivity index (χ2v) is 5.35. The molecule has 1 aromatic rings. The van der Waals surface area contributed by atoms with Gasteiger partial charge in [-0.15, -0.1) is 11.3 Å². The Morgan fingerprint density at radius 2 is 2.21 bits per heavy atom. The van der Waals surface area contributed by atoms with E-state index in [4.69, 9.17) is 0 Å². The number of amides is 2. The largest absolute Gasteiger partial charge is 0.353 e. The lowest BCUT2D eigenvalue weighted by molar-refractivity contribution is -0.121. The van der Waals surface area contributed by atoms with Crippen molar-refractivity contribution in [1.82, 2.24) is 15.5 Å². The van der Waals surface area contributed by atoms with Crippen LogP contribution in [0.1, 0.15) is 23.5 Å². The van der Waals surface area contributed by atoms with Crippen LogP contribution in [0.2, 0.25) is 0 Å². The molecule has 6 heteroatoms. The van der Waals surface area contributed by atoms with Crippen LogP contribution in [0.3, 0.4) is 0 Å². The minimum absolute atomic E-state index is 0.0789. The summed E-state index contributed by atoms with van der Waals surface area (Å²) >= 11 is 1.38. The minimum atomic E-state index is -0.142. The van der Waals surface area contributed by atoms with Crippen molar-refractivity contribution in [3.8, 4) is 0 Å². The van der Waals surface area contributed by atoms with Crippen LogP contribution in [0, 0.1) is 0 Å². The van der Waals surface area contributed by atoms with Crippen LogP contribution in [-0.2, 0) is 4.79 Å². The average molecular weight is 283 g/mol. The van der Waals surface area contributed by atoms with Gasteiger partial charge in [-0.25, -0.2) is 0 Å². The zero-order valence-corrected chi connectivity index (χ0v) is 12.4. The Balaban J connectivity index is 2.34. The minimum Gasteiger partial charge on any atom is -0.353 e. The Morgan fingerprint density at radius 1 is 1.47 bits per heavy atom. The van der Waals surface area contributed by atoms with E-state index in [2.05, 4.69) is 10.6 Å². The molecule has 19 heavy (non-hydrogen) atoms. The first kappa shape index (κ1) is 15.7. The zero-order valence-electron chi connectivity index (χ0n) is 11.6. The number of nitrogens with zero attached hydrogens (tertiary/aromatic N) is 1. The van der Waals surface area contributed by atoms with Crippen LogP contribution in [0.15, 0.2) is 17.5 Å². The standard InChI is InChI=1S/C13H21N3O2S/c1-4-14-10(2)8-15-12(17)9-16(3)13(18)11-6-5-7-19-11/h5-7,10,14H,4,8-9H2,1-3H3,(H,15,17)/t10-/m1/s1. The first-order chi connectivity index (χ1) is 9.04. The van der Waals surface area contributed by atoms with E-state index in [1.54, 1.807) is 13.1 Å². The van der Waals surface area contributed by atoms with Gasteiger partial charge in [0.2, 0.25) is 5.91 Å². The Morgan fingerprint density at radius 3 is 2.79 bits per heavy atom. The molecule has 0 saturated carbocycles. The summed E-state index contributed by atoms with van der Waals surface area (Å²) in [6, 6.07) is 3.81. The van der Waals surface area contributed by atoms with Gasteiger partial charge in [-0.3, -0.25) is 9.59 Å². The number of rotatable bonds is 7. The number of carbonyl (C=O) groups excluding carboxylic acids is 2. The van der Waals surface area contributed by atoms with Gasteiger partial charge in [0, 0.05) is 19.6 Å². The molecule has 1 aromatic heterocycles. The summed E-state index contributed by atoms with van der Waals surface area (Å²) in [5.74, 6) is -0.262. The number of thiophene rings is 1. The Hall–Kier alpha value is -1.40. The van der Waals surface area contributed by atoms with Gasteiger partial charge in [-0.2, -0.15) is 0 Å². The SMILES string of the molecule is CCN[C@H](C)CNC(=O)CN(C)C(=O)c1cccs1. The molecule has 1 heterocycles. The Bertz CT molecular complexity index is 406. The highest BCUT2D eigenvalue weighted by atomic mass is 32.1. The molecule has 0 spiro atoms. The normalized spacial score (nSPS) is 11.9. The van der Waals surface area contributed by atoms with Crippen LogP contribution < -0.4 is 10.6 Å². The maximum absolute atomic E-state index is 11.9. The molecule has 0 aliphatic carbocycles. The third kappa shape index (κ3) is 5.40.